The molecule has 0 spiro atoms. The molecule has 3 nitrogen and oxygen atoms in total. The first-order valence-corrected chi connectivity index (χ1v) is 5.20. The van der Waals surface area contributed by atoms with E-state index in [1.807, 2.05) is 6.07 Å². The van der Waals surface area contributed by atoms with E-state index < -0.39 is 6.10 Å². The van der Waals surface area contributed by atoms with Gasteiger partial charge in [-0.2, -0.15) is 0 Å². The predicted molar refractivity (Wildman–Crippen MR) is 59.6 cm³/mol. The molecule has 4 heteroatoms. The Kier molecular flexibility index (Phi) is 5.79. The Hall–Kier alpha value is -0.770. The van der Waals surface area contributed by atoms with E-state index in [4.69, 9.17) is 0 Å². The fourth-order valence-electron chi connectivity index (χ4n) is 1.33. The van der Waals surface area contributed by atoms with Gasteiger partial charge in [0.05, 0.1) is 5.54 Å². The van der Waals surface area contributed by atoms with Crippen molar-refractivity contribution in [3.05, 3.63) is 29.8 Å². The van der Waals surface area contributed by atoms with Crippen LogP contribution in [0.1, 0.15) is 32.4 Å². The zero-order valence-corrected chi connectivity index (χ0v) is 10.7. The zero-order chi connectivity index (χ0) is 11.5. The van der Waals surface area contributed by atoms with Crippen LogP contribution in [0.25, 0.3) is 0 Å². The van der Waals surface area contributed by atoms with Gasteiger partial charge in [0.2, 0.25) is 0 Å². The molecule has 1 aromatic carbocycles. The topological polar surface area (TPSA) is 57.1 Å². The number of aromatic hydroxyl groups is 1. The molecular formula is C12H20ClNO2. The van der Waals surface area contributed by atoms with E-state index in [0.717, 1.165) is 5.56 Å². The Morgan fingerprint density at radius 1 is 1.31 bits per heavy atom. The van der Waals surface area contributed by atoms with Crippen LogP contribution in [0.5, 0.6) is 5.75 Å². The third-order valence-corrected chi connectivity index (χ3v) is 2.21. The monoisotopic (exact) mass is 245 g/mol. The molecule has 1 atom stereocenters. The average molecular weight is 246 g/mol. The van der Waals surface area contributed by atoms with Gasteiger partial charge >= 0.3 is 0 Å². The third kappa shape index (κ3) is 5.35. The van der Waals surface area contributed by atoms with Crippen molar-refractivity contribution in [2.45, 2.75) is 32.4 Å². The highest BCUT2D eigenvalue weighted by Crippen LogP contribution is 2.16. The lowest BCUT2D eigenvalue weighted by Gasteiger charge is -2.19. The average Bonchev–Trinajstić information content (AvgIpc) is 2.13. The Balaban J connectivity index is 0.00000225. The van der Waals surface area contributed by atoms with Crippen LogP contribution in [0.4, 0.5) is 0 Å². The van der Waals surface area contributed by atoms with Crippen LogP contribution in [0, 0.1) is 0 Å². The van der Waals surface area contributed by atoms with E-state index in [1.165, 1.54) is 0 Å². The molecule has 0 aliphatic rings. The Labute approximate surface area is 103 Å². The van der Waals surface area contributed by atoms with Crippen LogP contribution in [-0.2, 0) is 0 Å². The minimum absolute atomic E-state index is 0. The molecule has 0 fully saturated rings. The second-order valence-electron chi connectivity index (χ2n) is 4.92. The minimum atomic E-state index is -0.531. The van der Waals surface area contributed by atoms with Crippen molar-refractivity contribution in [1.82, 2.24) is 0 Å². The fraction of sp³-hybridized carbons (Fsp3) is 0.500. The van der Waals surface area contributed by atoms with Gasteiger partial charge in [-0.3, -0.25) is 0 Å². The number of phenols is 1. The lowest BCUT2D eigenvalue weighted by atomic mass is 10.1. The first-order chi connectivity index (χ1) is 6.88. The lowest BCUT2D eigenvalue weighted by molar-refractivity contribution is -0.722. The molecule has 0 bridgehead atoms. The van der Waals surface area contributed by atoms with Gasteiger partial charge in [0.15, 0.2) is 0 Å². The van der Waals surface area contributed by atoms with Gasteiger partial charge in [-0.25, -0.2) is 0 Å². The summed E-state index contributed by atoms with van der Waals surface area (Å²) in [7, 11) is 0. The normalized spacial score (nSPS) is 13.0. The summed E-state index contributed by atoms with van der Waals surface area (Å²) < 4.78 is 0. The van der Waals surface area contributed by atoms with Crippen LogP contribution in [0.2, 0.25) is 0 Å². The highest BCUT2D eigenvalue weighted by molar-refractivity contribution is 5.28. The van der Waals surface area contributed by atoms with Crippen LogP contribution < -0.4 is 17.7 Å². The van der Waals surface area contributed by atoms with Crippen molar-refractivity contribution in [2.75, 3.05) is 6.54 Å². The Morgan fingerprint density at radius 3 is 2.44 bits per heavy atom. The number of halogens is 1. The quantitative estimate of drug-likeness (QED) is 0.566. The lowest BCUT2D eigenvalue weighted by Crippen LogP contribution is -3.00. The molecular weight excluding hydrogens is 226 g/mol. The van der Waals surface area contributed by atoms with E-state index in [0.29, 0.717) is 6.54 Å². The van der Waals surface area contributed by atoms with Crippen molar-refractivity contribution in [1.29, 1.82) is 0 Å². The Bertz CT molecular complexity index is 323. The molecule has 0 aromatic heterocycles. The first kappa shape index (κ1) is 15.2. The van der Waals surface area contributed by atoms with Gasteiger partial charge in [-0.15, -0.1) is 0 Å². The van der Waals surface area contributed by atoms with E-state index in [1.54, 1.807) is 18.2 Å². The first-order valence-electron chi connectivity index (χ1n) is 5.20. The highest BCUT2D eigenvalue weighted by Gasteiger charge is 2.17. The number of aliphatic hydroxyl groups excluding tert-OH is 1. The molecule has 92 valence electrons. The van der Waals surface area contributed by atoms with Gasteiger partial charge in [-0.1, -0.05) is 12.1 Å². The van der Waals surface area contributed by atoms with E-state index in [2.05, 4.69) is 26.1 Å². The van der Waals surface area contributed by atoms with E-state index >= 15 is 0 Å². The van der Waals surface area contributed by atoms with E-state index in [-0.39, 0.29) is 23.7 Å². The fourth-order valence-corrected chi connectivity index (χ4v) is 1.33. The second kappa shape index (κ2) is 6.09. The van der Waals surface area contributed by atoms with Crippen molar-refractivity contribution in [2.24, 2.45) is 0 Å². The number of benzene rings is 1. The molecule has 1 unspecified atom stereocenters. The second-order valence-corrected chi connectivity index (χ2v) is 4.92. The summed E-state index contributed by atoms with van der Waals surface area (Å²) in [6.07, 6.45) is -0.531. The molecule has 0 amide bonds. The smallest absolute Gasteiger partial charge is 0.128 e. The summed E-state index contributed by atoms with van der Waals surface area (Å²) in [6, 6.07) is 6.76. The van der Waals surface area contributed by atoms with Crippen molar-refractivity contribution in [3.63, 3.8) is 0 Å². The number of quaternary nitrogens is 1. The molecule has 1 aromatic rings. The number of aliphatic hydroxyl groups is 1. The standard InChI is InChI=1S/C12H19NO2.ClH/c1-12(2,3)13-8-11(15)9-5-4-6-10(14)7-9;/h4-7,11,13-15H,8H2,1-3H3;1H. The molecule has 0 aliphatic carbocycles. The van der Waals surface area contributed by atoms with Gasteiger partial charge < -0.3 is 27.9 Å². The molecule has 0 aliphatic heterocycles. The highest BCUT2D eigenvalue weighted by atomic mass is 35.5. The van der Waals surface area contributed by atoms with E-state index in [9.17, 15) is 10.2 Å². The van der Waals surface area contributed by atoms with Gasteiger partial charge in [-0.05, 0) is 38.5 Å². The predicted octanol–water partition coefficient (Wildman–Crippen LogP) is -2.21. The molecule has 0 saturated carbocycles. The van der Waals surface area contributed by atoms with Gasteiger partial charge in [0, 0.05) is 0 Å². The maximum atomic E-state index is 9.87. The summed E-state index contributed by atoms with van der Waals surface area (Å²) in [5.74, 6) is 0.197. The van der Waals surface area contributed by atoms with Crippen LogP contribution in [0.15, 0.2) is 24.3 Å². The molecule has 0 saturated heterocycles. The summed E-state index contributed by atoms with van der Waals surface area (Å²) >= 11 is 0. The Morgan fingerprint density at radius 2 is 1.94 bits per heavy atom. The number of hydrogen-bond donors (Lipinski definition) is 3. The maximum absolute atomic E-state index is 9.87. The summed E-state index contributed by atoms with van der Waals surface area (Å²) in [5.41, 5.74) is 0.869. The molecule has 1 rings (SSSR count). The van der Waals surface area contributed by atoms with Crippen molar-refractivity contribution in [3.8, 4) is 5.75 Å². The number of nitrogens with two attached hydrogens (primary N) is 1. The van der Waals surface area contributed by atoms with Crippen LogP contribution >= 0.6 is 0 Å². The number of rotatable bonds is 3. The SMILES string of the molecule is CC(C)(C)[NH2+]CC(O)c1cccc(O)c1.[Cl-]. The third-order valence-electron chi connectivity index (χ3n) is 2.21. The van der Waals surface area contributed by atoms with Crippen molar-refractivity contribution >= 4 is 0 Å². The molecule has 0 heterocycles. The number of phenolic OH excluding ortho intramolecular Hbond substituents is 1. The van der Waals surface area contributed by atoms with Gasteiger partial charge in [0.1, 0.15) is 18.4 Å². The molecule has 4 N–H and O–H groups in total. The van der Waals surface area contributed by atoms with Crippen LogP contribution in [0.3, 0.4) is 0 Å². The van der Waals surface area contributed by atoms with Crippen LogP contribution in [-0.4, -0.2) is 22.3 Å². The summed E-state index contributed by atoms with van der Waals surface area (Å²) in [4.78, 5) is 0. The van der Waals surface area contributed by atoms with Gasteiger partial charge in [0.25, 0.3) is 0 Å². The summed E-state index contributed by atoms with van der Waals surface area (Å²) in [5, 5.41) is 21.2. The summed E-state index contributed by atoms with van der Waals surface area (Å²) in [6.45, 7) is 6.90. The zero-order valence-electron chi connectivity index (χ0n) is 9.94. The largest absolute Gasteiger partial charge is 1.00 e. The number of hydrogen-bond acceptors (Lipinski definition) is 2. The molecule has 16 heavy (non-hydrogen) atoms. The molecule has 0 radical (unpaired) electrons. The minimum Gasteiger partial charge on any atom is -1.00 e. The van der Waals surface area contributed by atoms with Crippen molar-refractivity contribution < 1.29 is 27.9 Å². The maximum Gasteiger partial charge on any atom is 0.128 e.